The molecular weight excluding hydrogens is 1260 g/mol. The standard InChI is InChI=1S/C64H101ClN12O18/c1-12-14-15-16-17-18-22-39-55(86)69-40(23-19-25-77-31-38-48(34(7)64(77)24-20-26-94-64)49(65)53(84)63(11,52(38)83)95-47(82)21-13-2)56(87)75-50(36(9)78)61(92)68-35(8)54(85)71-43(29-45(66)80)58(89)73-44(30-46(67)81)59(90)72-42(28-33(5)6)60(91)76-51(37(10)79)62(93)74-41(27-32(3)4)57(88)70-39/h31-37,39-44,50-51,78-79H,12-30H2,1-11H3,(H2,66,80)(H2,67,81)(H,68,92)(H,69,86)(H,70,88)(H,71,85)(H,72,90)(H,73,89)(H,74,93)(H,75,87)(H,76,91). The van der Waals surface area contributed by atoms with Crippen LogP contribution in [0.4, 0.5) is 0 Å². The molecule has 1 aliphatic carbocycles. The maximum absolute atomic E-state index is 15.0. The van der Waals surface area contributed by atoms with Gasteiger partial charge in [0.15, 0.2) is 0 Å². The zero-order valence-electron chi connectivity index (χ0n) is 56.5. The number of unbranched alkanes of at least 4 members (excludes halogenated alkanes) is 5. The second kappa shape index (κ2) is 36.5. The van der Waals surface area contributed by atoms with Gasteiger partial charge < -0.3 is 83.9 Å². The van der Waals surface area contributed by atoms with Gasteiger partial charge in [-0.05, 0) is 96.5 Å². The first kappa shape index (κ1) is 79.9. The van der Waals surface area contributed by atoms with Crippen molar-refractivity contribution in [1.82, 2.24) is 52.8 Å². The van der Waals surface area contributed by atoms with Gasteiger partial charge in [-0.1, -0.05) is 98.6 Å². The average Bonchev–Trinajstić information content (AvgIpc) is 1.65. The monoisotopic (exact) mass is 1360 g/mol. The summed E-state index contributed by atoms with van der Waals surface area (Å²) in [6, 6.07) is -15.1. The maximum atomic E-state index is 15.0. The number of amides is 11. The number of hydrogen-bond acceptors (Lipinski definition) is 19. The van der Waals surface area contributed by atoms with E-state index in [4.69, 9.17) is 32.5 Å². The molecule has 14 atom stereocenters. The lowest BCUT2D eigenvalue weighted by molar-refractivity contribution is -0.170. The Hall–Kier alpha value is -7.57. The van der Waals surface area contributed by atoms with Gasteiger partial charge in [0.05, 0.1) is 30.1 Å². The van der Waals surface area contributed by atoms with Gasteiger partial charge in [-0.25, -0.2) is 0 Å². The number of aliphatic hydroxyl groups is 2. The van der Waals surface area contributed by atoms with Crippen molar-refractivity contribution in [2.24, 2.45) is 29.2 Å². The molecule has 14 unspecified atom stereocenters. The fourth-order valence-electron chi connectivity index (χ4n) is 12.0. The molecule has 15 N–H and O–H groups in total. The summed E-state index contributed by atoms with van der Waals surface area (Å²) in [5.74, 6) is -15.9. The molecule has 3 heterocycles. The van der Waals surface area contributed by atoms with Gasteiger partial charge in [0, 0.05) is 37.3 Å². The van der Waals surface area contributed by atoms with E-state index in [0.717, 1.165) is 39.5 Å². The van der Waals surface area contributed by atoms with E-state index in [2.05, 4.69) is 47.9 Å². The molecule has 0 aromatic carbocycles. The predicted octanol–water partition coefficient (Wildman–Crippen LogP) is -0.393. The van der Waals surface area contributed by atoms with Crippen molar-refractivity contribution in [2.45, 2.75) is 263 Å². The highest BCUT2D eigenvalue weighted by Crippen LogP contribution is 2.51. The van der Waals surface area contributed by atoms with Gasteiger partial charge in [0.1, 0.15) is 60.1 Å². The molecule has 2 saturated heterocycles. The Bertz CT molecular complexity index is 2910. The van der Waals surface area contributed by atoms with Gasteiger partial charge in [0.25, 0.3) is 0 Å². The van der Waals surface area contributed by atoms with Crippen LogP contribution in [-0.4, -0.2) is 189 Å². The fraction of sp³-hybridized carbons (Fsp3) is 0.719. The van der Waals surface area contributed by atoms with Crippen molar-refractivity contribution in [3.8, 4) is 0 Å². The Kier molecular flexibility index (Phi) is 30.7. The van der Waals surface area contributed by atoms with Crippen LogP contribution in [0.3, 0.4) is 0 Å². The highest BCUT2D eigenvalue weighted by Gasteiger charge is 2.59. The number of aliphatic hydroxyl groups excluding tert-OH is 2. The molecule has 532 valence electrons. The normalized spacial score (nSPS) is 28.9. The Morgan fingerprint density at radius 3 is 1.51 bits per heavy atom. The Balaban J connectivity index is 1.89. The molecule has 30 nitrogen and oxygen atoms in total. The van der Waals surface area contributed by atoms with Gasteiger partial charge in [-0.2, -0.15) is 0 Å². The zero-order chi connectivity index (χ0) is 71.4. The van der Waals surface area contributed by atoms with E-state index in [1.807, 2.05) is 6.92 Å². The molecule has 0 aromatic rings. The molecule has 4 aliphatic rings. The number of nitrogens with zero attached hydrogens (tertiary/aromatic N) is 1. The molecule has 11 amide bonds. The van der Waals surface area contributed by atoms with Crippen LogP contribution in [0.1, 0.15) is 185 Å². The number of halogens is 1. The summed E-state index contributed by atoms with van der Waals surface area (Å²) >= 11 is 6.83. The second-order valence-electron chi connectivity index (χ2n) is 26.2. The van der Waals surface area contributed by atoms with Crippen LogP contribution in [0.2, 0.25) is 0 Å². The molecule has 0 saturated carbocycles. The second-order valence-corrected chi connectivity index (χ2v) is 26.6. The van der Waals surface area contributed by atoms with E-state index in [0.29, 0.717) is 32.1 Å². The van der Waals surface area contributed by atoms with Crippen LogP contribution in [0.15, 0.2) is 22.4 Å². The van der Waals surface area contributed by atoms with Crippen LogP contribution in [0.5, 0.6) is 0 Å². The van der Waals surface area contributed by atoms with Crippen LogP contribution in [0, 0.1) is 17.8 Å². The summed E-state index contributed by atoms with van der Waals surface area (Å²) in [5.41, 5.74) is 7.61. The number of carbonyl (C=O) groups excluding carboxylic acids is 14. The number of hydrogen-bond donors (Lipinski definition) is 13. The highest BCUT2D eigenvalue weighted by molar-refractivity contribution is 6.49. The number of primary amides is 2. The van der Waals surface area contributed by atoms with Crippen molar-refractivity contribution >= 4 is 94.1 Å². The Morgan fingerprint density at radius 1 is 0.589 bits per heavy atom. The first-order valence-electron chi connectivity index (χ1n) is 33.0. The first-order valence-corrected chi connectivity index (χ1v) is 33.4. The van der Waals surface area contributed by atoms with Crippen LogP contribution in [-0.2, 0) is 76.6 Å². The Labute approximate surface area is 559 Å². The van der Waals surface area contributed by atoms with Crippen LogP contribution < -0.4 is 59.3 Å². The highest BCUT2D eigenvalue weighted by atomic mass is 35.5. The SMILES string of the molecule is CCCCCCCCC1NC(=O)C(CC(C)C)NC(=O)C(C(C)O)NC(=O)C(CC(C)C)NC(=O)C(CC(N)=O)NC(=O)C(CC(N)=O)NC(=O)C(C)NC(=O)C(C(C)O)NC(=O)C(CCCN2C=C3C(=O)C(C)(OC(=O)CCC)C(=O)C(Cl)=C3C(C)C23CCCO3)NC1=O. The third-order valence-corrected chi connectivity index (χ3v) is 17.5. The molecule has 1 spiro atoms. The summed E-state index contributed by atoms with van der Waals surface area (Å²) in [5, 5.41) is 44.2. The summed E-state index contributed by atoms with van der Waals surface area (Å²) < 4.78 is 12.0. The minimum absolute atomic E-state index is 0.00319. The topological polar surface area (TPSA) is 461 Å². The van der Waals surface area contributed by atoms with E-state index >= 15 is 4.79 Å². The van der Waals surface area contributed by atoms with Crippen molar-refractivity contribution in [3.05, 3.63) is 22.4 Å². The van der Waals surface area contributed by atoms with Crippen molar-refractivity contribution in [1.29, 1.82) is 0 Å². The number of fused-ring (bicyclic) bond motifs is 1. The lowest BCUT2D eigenvalue weighted by Crippen LogP contribution is -2.62. The number of rotatable bonds is 24. The van der Waals surface area contributed by atoms with Crippen molar-refractivity contribution in [3.63, 3.8) is 0 Å². The maximum Gasteiger partial charge on any atom is 0.307 e. The summed E-state index contributed by atoms with van der Waals surface area (Å²) in [6.45, 7) is 17.3. The first-order chi connectivity index (χ1) is 44.5. The van der Waals surface area contributed by atoms with Gasteiger partial charge in [-0.15, -0.1) is 0 Å². The lowest BCUT2D eigenvalue weighted by atomic mass is 9.71. The van der Waals surface area contributed by atoms with E-state index in [1.54, 1.807) is 46.4 Å². The van der Waals surface area contributed by atoms with Gasteiger partial charge in [-0.3, -0.25) is 67.1 Å². The number of ether oxygens (including phenoxy) is 2. The lowest BCUT2D eigenvalue weighted by Gasteiger charge is -2.50. The fourth-order valence-corrected chi connectivity index (χ4v) is 12.4. The summed E-state index contributed by atoms with van der Waals surface area (Å²) in [4.78, 5) is 197. The summed E-state index contributed by atoms with van der Waals surface area (Å²) in [6.07, 6.45) is 1.53. The number of esters is 1. The predicted molar refractivity (Wildman–Crippen MR) is 344 cm³/mol. The van der Waals surface area contributed by atoms with Crippen molar-refractivity contribution in [2.75, 3.05) is 13.2 Å². The van der Waals surface area contributed by atoms with Gasteiger partial charge >= 0.3 is 5.97 Å². The van der Waals surface area contributed by atoms with Crippen LogP contribution in [0.25, 0.3) is 0 Å². The minimum Gasteiger partial charge on any atom is -0.442 e. The van der Waals surface area contributed by atoms with Gasteiger partial charge in [0.2, 0.25) is 82.1 Å². The number of Topliss-reactive ketones (excluding diaryl/α,β-unsaturated/α-hetero) is 2. The van der Waals surface area contributed by atoms with E-state index < -0.39 is 179 Å². The molecule has 31 heteroatoms. The van der Waals surface area contributed by atoms with E-state index in [9.17, 15) is 72.5 Å². The number of nitrogens with two attached hydrogens (primary N) is 2. The third-order valence-electron chi connectivity index (χ3n) is 17.2. The third kappa shape index (κ3) is 22.0. The minimum atomic E-state index is -2.31. The molecule has 0 aromatic heterocycles. The zero-order valence-corrected chi connectivity index (χ0v) is 57.3. The quantitative estimate of drug-likeness (QED) is 0.0332. The summed E-state index contributed by atoms with van der Waals surface area (Å²) in [7, 11) is 0. The van der Waals surface area contributed by atoms with E-state index in [-0.39, 0.29) is 79.7 Å². The average molecular weight is 1360 g/mol. The number of carbonyl (C=O) groups is 14. The number of ketones is 2. The Morgan fingerprint density at radius 2 is 1.02 bits per heavy atom. The molecular formula is C64H101ClN12O18. The van der Waals surface area contributed by atoms with E-state index in [1.165, 1.54) is 20.0 Å². The number of nitrogens with one attached hydrogen (secondary N) is 9. The van der Waals surface area contributed by atoms with Crippen LogP contribution >= 0.6 is 11.6 Å². The molecule has 4 rings (SSSR count). The van der Waals surface area contributed by atoms with Crippen molar-refractivity contribution < 1.29 is 86.8 Å². The molecule has 3 aliphatic heterocycles. The molecule has 0 bridgehead atoms. The smallest absolute Gasteiger partial charge is 0.307 e. The largest absolute Gasteiger partial charge is 0.442 e. The molecule has 0 radical (unpaired) electrons. The molecule has 2 fully saturated rings. The molecule has 95 heavy (non-hydrogen) atoms.